The van der Waals surface area contributed by atoms with Gasteiger partial charge in [-0.05, 0) is 30.3 Å². The Hall–Kier alpha value is -3.67. The van der Waals surface area contributed by atoms with Crippen LogP contribution in [0.3, 0.4) is 0 Å². The number of para-hydroxylation sites is 1. The fourth-order valence-electron chi connectivity index (χ4n) is 3.71. The minimum atomic E-state index is 0. The molecule has 0 aliphatic carbocycles. The third-order valence-electron chi connectivity index (χ3n) is 5.26. The van der Waals surface area contributed by atoms with Crippen LogP contribution < -0.4 is 15.1 Å². The zero-order chi connectivity index (χ0) is 24.2. The number of anilines is 4. The van der Waals surface area contributed by atoms with Crippen LogP contribution in [0.15, 0.2) is 79.3 Å². The van der Waals surface area contributed by atoms with Crippen LogP contribution >= 0.6 is 0 Å². The average Bonchev–Trinajstić information content (AvgIpc) is 2.91. The predicted molar refractivity (Wildman–Crippen MR) is 147 cm³/mol. The van der Waals surface area contributed by atoms with Gasteiger partial charge in [0.15, 0.2) is 0 Å². The van der Waals surface area contributed by atoms with Gasteiger partial charge in [-0.15, -0.1) is 0 Å². The van der Waals surface area contributed by atoms with Crippen LogP contribution in [-0.2, 0) is 0 Å². The van der Waals surface area contributed by atoms with E-state index in [0.29, 0.717) is 0 Å². The second-order valence-electron chi connectivity index (χ2n) is 7.81. The summed E-state index contributed by atoms with van der Waals surface area (Å²) >= 11 is 0. The maximum Gasteiger partial charge on any atom is 0.135 e. The van der Waals surface area contributed by atoms with Crippen LogP contribution in [0.2, 0.25) is 0 Å². The summed E-state index contributed by atoms with van der Waals surface area (Å²) in [7, 11) is 0. The van der Waals surface area contributed by atoms with E-state index in [1.165, 1.54) is 12.1 Å². The number of piperazine rings is 1. The third kappa shape index (κ3) is 6.67. The van der Waals surface area contributed by atoms with Crippen molar-refractivity contribution >= 4 is 33.9 Å². The van der Waals surface area contributed by atoms with Gasteiger partial charge >= 0.3 is 0 Å². The normalized spacial score (nSPS) is 12.8. The van der Waals surface area contributed by atoms with E-state index in [1.54, 1.807) is 6.33 Å². The summed E-state index contributed by atoms with van der Waals surface area (Å²) in [5, 5.41) is 4.50. The van der Waals surface area contributed by atoms with Gasteiger partial charge in [0.1, 0.15) is 18.0 Å². The van der Waals surface area contributed by atoms with Crippen LogP contribution in [0.4, 0.5) is 23.0 Å². The molecular weight excluding hydrogens is 420 g/mol. The Labute approximate surface area is 205 Å². The number of fused-ring (bicyclic) bond motifs is 1. The van der Waals surface area contributed by atoms with E-state index in [2.05, 4.69) is 86.4 Å². The number of pyridine rings is 1. The molecule has 2 aromatic heterocycles. The van der Waals surface area contributed by atoms with Crippen LogP contribution in [-0.4, -0.2) is 41.1 Å². The van der Waals surface area contributed by atoms with Gasteiger partial charge in [-0.1, -0.05) is 64.4 Å². The average molecular weight is 459 g/mol. The van der Waals surface area contributed by atoms with E-state index in [-0.39, 0.29) is 1.43 Å². The predicted octanol–water partition coefficient (Wildman–Crippen LogP) is 6.78. The van der Waals surface area contributed by atoms with Crippen molar-refractivity contribution in [1.82, 2.24) is 15.0 Å². The van der Waals surface area contributed by atoms with Gasteiger partial charge in [0, 0.05) is 56.6 Å². The van der Waals surface area contributed by atoms with E-state index in [9.17, 15) is 0 Å². The maximum atomic E-state index is 4.50. The van der Waals surface area contributed by atoms with Crippen LogP contribution in [0.25, 0.3) is 10.9 Å². The highest BCUT2D eigenvalue weighted by molar-refractivity contribution is 5.82. The molecule has 0 spiro atoms. The molecule has 1 aliphatic heterocycles. The minimum absolute atomic E-state index is 0. The van der Waals surface area contributed by atoms with Crippen molar-refractivity contribution in [3.05, 3.63) is 79.3 Å². The Morgan fingerprint density at radius 2 is 1.50 bits per heavy atom. The molecule has 1 saturated heterocycles. The number of nitrogens with zero attached hydrogens (tertiary/aromatic N) is 5. The highest BCUT2D eigenvalue weighted by atomic mass is 15.3. The Kier molecular flexibility index (Phi) is 9.65. The highest BCUT2D eigenvalue weighted by Gasteiger charge is 2.18. The number of nitrogens with one attached hydrogen (secondary N) is 1. The van der Waals surface area contributed by atoms with Crippen molar-refractivity contribution in [1.29, 1.82) is 0 Å². The van der Waals surface area contributed by atoms with Crippen molar-refractivity contribution in [3.63, 3.8) is 0 Å². The second-order valence-corrected chi connectivity index (χ2v) is 7.81. The Balaban J connectivity index is 0.000000671. The van der Waals surface area contributed by atoms with Gasteiger partial charge in [0.05, 0.1) is 5.52 Å². The van der Waals surface area contributed by atoms with Crippen LogP contribution in [0.5, 0.6) is 0 Å². The summed E-state index contributed by atoms with van der Waals surface area (Å²) in [6.07, 6.45) is 4.69. The SMILES string of the molecule is CC.CCC.[HH].c1ccc(N2CCN(c3cc(Nc4ccc5cccnc5c4)ncn3)CC2)cc1. The molecule has 34 heavy (non-hydrogen) atoms. The third-order valence-corrected chi connectivity index (χ3v) is 5.26. The Morgan fingerprint density at radius 3 is 2.24 bits per heavy atom. The lowest BCUT2D eigenvalue weighted by atomic mass is 10.2. The summed E-state index contributed by atoms with van der Waals surface area (Å²) in [5.41, 5.74) is 3.21. The first-order valence-corrected chi connectivity index (χ1v) is 12.3. The molecule has 6 heteroatoms. The molecule has 0 unspecified atom stereocenters. The number of hydrogen-bond donors (Lipinski definition) is 1. The molecule has 1 aliphatic rings. The summed E-state index contributed by atoms with van der Waals surface area (Å²) in [6.45, 7) is 12.1. The monoisotopic (exact) mass is 458 g/mol. The molecule has 5 rings (SSSR count). The zero-order valence-corrected chi connectivity index (χ0v) is 20.8. The van der Waals surface area contributed by atoms with Crippen molar-refractivity contribution in [2.45, 2.75) is 34.1 Å². The first-order chi connectivity index (χ1) is 16.8. The summed E-state index contributed by atoms with van der Waals surface area (Å²) < 4.78 is 0. The van der Waals surface area contributed by atoms with E-state index < -0.39 is 0 Å². The fraction of sp³-hybridized carbons (Fsp3) is 0.321. The van der Waals surface area contributed by atoms with Gasteiger partial charge in [0.25, 0.3) is 0 Å². The molecule has 1 N–H and O–H groups in total. The molecule has 6 nitrogen and oxygen atoms in total. The summed E-state index contributed by atoms with van der Waals surface area (Å²) in [5.74, 6) is 1.74. The Bertz CT molecular complexity index is 1130. The zero-order valence-electron chi connectivity index (χ0n) is 20.8. The topological polar surface area (TPSA) is 57.2 Å². The van der Waals surface area contributed by atoms with E-state index >= 15 is 0 Å². The molecule has 4 aromatic rings. The molecule has 3 heterocycles. The number of rotatable bonds is 4. The van der Waals surface area contributed by atoms with Gasteiger partial charge in [-0.3, -0.25) is 4.98 Å². The standard InChI is InChI=1S/C23H22N6.C3H8.C2H6.H2/c1-2-6-20(7-3-1)28-11-13-29(14-12-28)23-16-22(25-17-26-23)27-19-9-8-18-5-4-10-24-21(18)15-19;1-3-2;1-2;/h1-10,15-17H,11-14H2,(H,25,26,27);3H2,1-2H3;1-2H3;1H. The van der Waals surface area contributed by atoms with E-state index in [1.807, 2.05) is 44.3 Å². The van der Waals surface area contributed by atoms with E-state index in [0.717, 1.165) is 54.4 Å². The molecular formula is C28H38N6. The molecule has 0 amide bonds. The van der Waals surface area contributed by atoms with Crippen LogP contribution in [0.1, 0.15) is 35.5 Å². The lowest BCUT2D eigenvalue weighted by Crippen LogP contribution is -2.46. The fourth-order valence-corrected chi connectivity index (χ4v) is 3.71. The largest absolute Gasteiger partial charge is 0.368 e. The second kappa shape index (κ2) is 13.1. The van der Waals surface area contributed by atoms with Gasteiger partial charge in [0.2, 0.25) is 0 Å². The molecule has 2 aromatic carbocycles. The quantitative estimate of drug-likeness (QED) is 0.364. The number of hydrogen-bond acceptors (Lipinski definition) is 6. The molecule has 180 valence electrons. The van der Waals surface area contributed by atoms with Gasteiger partial charge in [-0.25, -0.2) is 9.97 Å². The van der Waals surface area contributed by atoms with Gasteiger partial charge in [-0.2, -0.15) is 0 Å². The van der Waals surface area contributed by atoms with Crippen molar-refractivity contribution in [2.24, 2.45) is 0 Å². The first-order valence-electron chi connectivity index (χ1n) is 12.3. The molecule has 0 atom stereocenters. The van der Waals surface area contributed by atoms with Crippen molar-refractivity contribution in [3.8, 4) is 0 Å². The highest BCUT2D eigenvalue weighted by Crippen LogP contribution is 2.23. The smallest absolute Gasteiger partial charge is 0.135 e. The molecule has 0 saturated carbocycles. The van der Waals surface area contributed by atoms with Gasteiger partial charge < -0.3 is 15.1 Å². The number of benzene rings is 2. The molecule has 0 bridgehead atoms. The Morgan fingerprint density at radius 1 is 0.794 bits per heavy atom. The van der Waals surface area contributed by atoms with Crippen molar-refractivity contribution < 1.29 is 1.43 Å². The lowest BCUT2D eigenvalue weighted by Gasteiger charge is -2.36. The first kappa shape index (κ1) is 25.0. The molecule has 0 radical (unpaired) electrons. The van der Waals surface area contributed by atoms with E-state index in [4.69, 9.17) is 0 Å². The van der Waals surface area contributed by atoms with Crippen molar-refractivity contribution in [2.75, 3.05) is 41.3 Å². The number of aromatic nitrogens is 3. The summed E-state index contributed by atoms with van der Waals surface area (Å²) in [4.78, 5) is 18.0. The lowest BCUT2D eigenvalue weighted by molar-refractivity contribution is 0.647. The maximum absolute atomic E-state index is 4.50. The minimum Gasteiger partial charge on any atom is -0.368 e. The molecule has 1 fully saturated rings. The summed E-state index contributed by atoms with van der Waals surface area (Å²) in [6, 6.07) is 22.7. The van der Waals surface area contributed by atoms with Crippen LogP contribution in [0, 0.1) is 0 Å².